The molecular weight excluding hydrogens is 248 g/mol. The molecule has 0 fully saturated rings. The molecule has 0 bridgehead atoms. The van der Waals surface area contributed by atoms with Crippen molar-refractivity contribution in [3.05, 3.63) is 0 Å². The maximum atomic E-state index is 11.2. The average Bonchev–Trinajstić information content (AvgIpc) is 2.33. The molecule has 5 heteroatoms. The molecule has 0 aliphatic rings. The summed E-state index contributed by atoms with van der Waals surface area (Å²) in [5.74, 6) is 0.352. The molecule has 0 heterocycles. The molecule has 0 saturated carbocycles. The quantitative estimate of drug-likeness (QED) is 0.348. The van der Waals surface area contributed by atoms with E-state index in [1.54, 1.807) is 0 Å². The number of esters is 2. The Morgan fingerprint density at radius 1 is 0.789 bits per heavy atom. The van der Waals surface area contributed by atoms with Crippen LogP contribution in [-0.4, -0.2) is 25.5 Å². The maximum Gasteiger partial charge on any atom is 0.307 e. The summed E-state index contributed by atoms with van der Waals surface area (Å²) in [4.78, 5) is 22.4. The molecule has 0 unspecified atom stereocenters. The van der Waals surface area contributed by atoms with E-state index in [1.165, 1.54) is 0 Å². The van der Waals surface area contributed by atoms with Crippen LogP contribution < -0.4 is 0 Å². The molecule has 0 N–H and O–H groups in total. The van der Waals surface area contributed by atoms with Gasteiger partial charge in [0.1, 0.15) is 0 Å². The highest BCUT2D eigenvalue weighted by molar-refractivity contribution is 5.69. The van der Waals surface area contributed by atoms with E-state index >= 15 is 0 Å². The molecule has 0 aromatic heterocycles. The van der Waals surface area contributed by atoms with Gasteiger partial charge in [-0.15, -0.1) is 0 Å². The number of ether oxygens (including phenoxy) is 3. The molecule has 0 aromatic carbocycles. The molecule has 0 aliphatic heterocycles. The maximum absolute atomic E-state index is 11.2. The van der Waals surface area contributed by atoms with Crippen LogP contribution in [0.1, 0.15) is 53.4 Å². The molecule has 0 atom stereocenters. The molecule has 0 saturated heterocycles. The number of hydrogen-bond donors (Lipinski definition) is 0. The first-order chi connectivity index (χ1) is 8.91. The van der Waals surface area contributed by atoms with Crippen LogP contribution in [0.2, 0.25) is 0 Å². The van der Waals surface area contributed by atoms with E-state index in [9.17, 15) is 9.59 Å². The minimum Gasteiger partial charge on any atom is -0.438 e. The van der Waals surface area contributed by atoms with E-state index in [0.29, 0.717) is 24.7 Å². The second-order valence-electron chi connectivity index (χ2n) is 5.34. The van der Waals surface area contributed by atoms with E-state index in [0.717, 1.165) is 12.8 Å². The van der Waals surface area contributed by atoms with E-state index in [-0.39, 0.29) is 25.5 Å². The van der Waals surface area contributed by atoms with Crippen molar-refractivity contribution < 1.29 is 23.8 Å². The summed E-state index contributed by atoms with van der Waals surface area (Å²) in [5.41, 5.74) is 0. The average molecular weight is 274 g/mol. The first-order valence-electron chi connectivity index (χ1n) is 6.80. The Morgan fingerprint density at radius 2 is 1.16 bits per heavy atom. The summed E-state index contributed by atoms with van der Waals surface area (Å²) in [6.07, 6.45) is 2.36. The van der Waals surface area contributed by atoms with Crippen molar-refractivity contribution in [3.63, 3.8) is 0 Å². The largest absolute Gasteiger partial charge is 0.438 e. The Bertz CT molecular complexity index is 235. The summed E-state index contributed by atoms with van der Waals surface area (Å²) in [6, 6.07) is 0. The second-order valence-corrected chi connectivity index (χ2v) is 5.34. The van der Waals surface area contributed by atoms with Crippen molar-refractivity contribution in [1.29, 1.82) is 0 Å². The lowest BCUT2D eigenvalue weighted by atomic mass is 10.1. The summed E-state index contributed by atoms with van der Waals surface area (Å²) >= 11 is 0. The van der Waals surface area contributed by atoms with Gasteiger partial charge in [0, 0.05) is 12.8 Å². The van der Waals surface area contributed by atoms with E-state index < -0.39 is 0 Å². The van der Waals surface area contributed by atoms with Crippen molar-refractivity contribution in [3.8, 4) is 0 Å². The van der Waals surface area contributed by atoms with Gasteiger partial charge < -0.3 is 14.2 Å². The van der Waals surface area contributed by atoms with Gasteiger partial charge >= 0.3 is 11.9 Å². The monoisotopic (exact) mass is 274 g/mol. The van der Waals surface area contributed by atoms with Crippen molar-refractivity contribution in [2.24, 2.45) is 11.8 Å². The van der Waals surface area contributed by atoms with Crippen LogP contribution in [0.4, 0.5) is 0 Å². The molecule has 0 amide bonds. The fourth-order valence-electron chi connectivity index (χ4n) is 1.21. The first kappa shape index (κ1) is 17.9. The van der Waals surface area contributed by atoms with Crippen molar-refractivity contribution in [1.82, 2.24) is 0 Å². The lowest BCUT2D eigenvalue weighted by Crippen LogP contribution is -2.13. The lowest BCUT2D eigenvalue weighted by Gasteiger charge is -2.08. The van der Waals surface area contributed by atoms with E-state index in [1.807, 2.05) is 27.7 Å². The molecule has 0 rings (SSSR count). The van der Waals surface area contributed by atoms with Gasteiger partial charge in [0.05, 0.1) is 0 Å². The molecule has 0 aliphatic carbocycles. The Kier molecular flexibility index (Phi) is 10.2. The fourth-order valence-corrected chi connectivity index (χ4v) is 1.21. The van der Waals surface area contributed by atoms with Crippen LogP contribution in [0.15, 0.2) is 0 Å². The third-order valence-electron chi connectivity index (χ3n) is 2.46. The van der Waals surface area contributed by atoms with Gasteiger partial charge in [-0.25, -0.2) is 0 Å². The SMILES string of the molecule is CC(C)CCC(=O)OCOCOC(=O)CCC(C)C. The molecule has 19 heavy (non-hydrogen) atoms. The number of rotatable bonds is 10. The van der Waals surface area contributed by atoms with Crippen LogP contribution in [0.3, 0.4) is 0 Å². The normalized spacial score (nSPS) is 10.8. The highest BCUT2D eigenvalue weighted by atomic mass is 16.8. The summed E-state index contributed by atoms with van der Waals surface area (Å²) in [7, 11) is 0. The van der Waals surface area contributed by atoms with Crippen LogP contribution in [0.25, 0.3) is 0 Å². The fraction of sp³-hybridized carbons (Fsp3) is 0.857. The Balaban J connectivity index is 3.39. The first-order valence-corrected chi connectivity index (χ1v) is 6.80. The highest BCUT2D eigenvalue weighted by Crippen LogP contribution is 2.05. The lowest BCUT2D eigenvalue weighted by molar-refractivity contribution is -0.176. The highest BCUT2D eigenvalue weighted by Gasteiger charge is 2.06. The summed E-state index contributed by atoms with van der Waals surface area (Å²) < 4.78 is 14.5. The van der Waals surface area contributed by atoms with Gasteiger partial charge in [-0.1, -0.05) is 27.7 Å². The van der Waals surface area contributed by atoms with Gasteiger partial charge in [-0.2, -0.15) is 0 Å². The smallest absolute Gasteiger partial charge is 0.307 e. The van der Waals surface area contributed by atoms with Gasteiger partial charge in [0.15, 0.2) is 13.6 Å². The third-order valence-corrected chi connectivity index (χ3v) is 2.46. The molecule has 112 valence electrons. The zero-order valence-corrected chi connectivity index (χ0v) is 12.4. The minimum absolute atomic E-state index is 0.172. The molecule has 5 nitrogen and oxygen atoms in total. The molecular formula is C14H26O5. The second kappa shape index (κ2) is 10.8. The van der Waals surface area contributed by atoms with Crippen molar-refractivity contribution >= 4 is 11.9 Å². The standard InChI is InChI=1S/C14H26O5/c1-11(2)5-7-13(15)18-9-17-10-19-14(16)8-6-12(3)4/h11-12H,5-10H2,1-4H3. The number of carbonyl (C=O) groups is 2. The van der Waals surface area contributed by atoms with Crippen LogP contribution in [0.5, 0.6) is 0 Å². The van der Waals surface area contributed by atoms with Gasteiger partial charge in [-0.3, -0.25) is 9.59 Å². The predicted octanol–water partition coefficient (Wildman–Crippen LogP) is 2.88. The topological polar surface area (TPSA) is 61.8 Å². The van der Waals surface area contributed by atoms with Crippen LogP contribution >= 0.6 is 0 Å². The summed E-state index contributed by atoms with van der Waals surface area (Å²) in [5, 5.41) is 0. The van der Waals surface area contributed by atoms with E-state index in [2.05, 4.69) is 0 Å². The Labute approximate surface area is 115 Å². The van der Waals surface area contributed by atoms with E-state index in [4.69, 9.17) is 14.2 Å². The summed E-state index contributed by atoms with van der Waals surface area (Å²) in [6.45, 7) is 7.82. The zero-order valence-electron chi connectivity index (χ0n) is 12.4. The molecule has 0 aromatic rings. The third kappa shape index (κ3) is 13.1. The minimum atomic E-state index is -0.292. The Hall–Kier alpha value is -1.10. The van der Waals surface area contributed by atoms with Crippen LogP contribution in [0, 0.1) is 11.8 Å². The zero-order chi connectivity index (χ0) is 14.7. The van der Waals surface area contributed by atoms with Crippen LogP contribution in [-0.2, 0) is 23.8 Å². The number of hydrogen-bond acceptors (Lipinski definition) is 5. The van der Waals surface area contributed by atoms with Gasteiger partial charge in [-0.05, 0) is 24.7 Å². The van der Waals surface area contributed by atoms with Crippen molar-refractivity contribution in [2.45, 2.75) is 53.4 Å². The predicted molar refractivity (Wildman–Crippen MR) is 71.1 cm³/mol. The van der Waals surface area contributed by atoms with Gasteiger partial charge in [0.2, 0.25) is 0 Å². The Morgan fingerprint density at radius 3 is 1.47 bits per heavy atom. The molecule has 0 radical (unpaired) electrons. The molecule has 0 spiro atoms. The number of carbonyl (C=O) groups excluding carboxylic acids is 2. The van der Waals surface area contributed by atoms with Gasteiger partial charge in [0.25, 0.3) is 0 Å². The van der Waals surface area contributed by atoms with Crippen molar-refractivity contribution in [2.75, 3.05) is 13.6 Å².